The second-order valence-electron chi connectivity index (χ2n) is 8.66. The third kappa shape index (κ3) is 6.89. The van der Waals surface area contributed by atoms with Gasteiger partial charge in [-0.25, -0.2) is 18.6 Å². The quantitative estimate of drug-likeness (QED) is 0.148. The number of ether oxygens (including phenoxy) is 2. The summed E-state index contributed by atoms with van der Waals surface area (Å²) in [6.07, 6.45) is 1.42. The molecule has 5 rings (SSSR count). The van der Waals surface area contributed by atoms with E-state index in [9.17, 15) is 18.4 Å². The molecule has 3 aromatic heterocycles. The number of nitrogens with zero attached hydrogens (tertiary/aromatic N) is 3. The molecule has 5 aromatic rings. The predicted molar refractivity (Wildman–Crippen MR) is 145 cm³/mol. The Labute approximate surface area is 236 Å². The zero-order valence-electron chi connectivity index (χ0n) is 22.0. The summed E-state index contributed by atoms with van der Waals surface area (Å²) in [4.78, 5) is 34.4. The Kier molecular flexibility index (Phi) is 9.03. The number of fused-ring (bicyclic) bond motifs is 1. The van der Waals surface area contributed by atoms with Crippen LogP contribution < -0.4 is 21.9 Å². The van der Waals surface area contributed by atoms with Gasteiger partial charge in [-0.05, 0) is 42.0 Å². The molecule has 220 valence electrons. The van der Waals surface area contributed by atoms with Gasteiger partial charge in [0.2, 0.25) is 5.95 Å². The predicted octanol–water partition coefficient (Wildman–Crippen LogP) is 3.92. The fourth-order valence-corrected chi connectivity index (χ4v) is 4.91. The van der Waals surface area contributed by atoms with Crippen LogP contribution >= 0.6 is 8.38 Å². The van der Waals surface area contributed by atoms with Crippen LogP contribution in [0.15, 0.2) is 67.2 Å². The highest BCUT2D eigenvalue weighted by molar-refractivity contribution is 7.46. The van der Waals surface area contributed by atoms with Crippen molar-refractivity contribution in [3.8, 4) is 17.1 Å². The van der Waals surface area contributed by atoms with E-state index in [1.807, 2.05) is 0 Å². The van der Waals surface area contributed by atoms with Crippen molar-refractivity contribution in [2.45, 2.75) is 19.8 Å². The number of H-pyrrole nitrogens is 1. The topological polar surface area (TPSA) is 170 Å². The van der Waals surface area contributed by atoms with E-state index in [1.165, 1.54) is 49.8 Å². The molecule has 1 unspecified atom stereocenters. The molecule has 16 heteroatoms. The smallest absolute Gasteiger partial charge is 0.494 e. The molecule has 0 amide bonds. The number of nitrogens with two attached hydrogens (primary N) is 1. The number of anilines is 1. The van der Waals surface area contributed by atoms with E-state index in [0.29, 0.717) is 16.8 Å². The molecule has 42 heavy (non-hydrogen) atoms. The molecule has 0 radical (unpaired) electrons. The van der Waals surface area contributed by atoms with Crippen LogP contribution in [0.4, 0.5) is 14.7 Å². The van der Waals surface area contributed by atoms with Crippen LogP contribution in [-0.2, 0) is 33.5 Å². The van der Waals surface area contributed by atoms with Gasteiger partial charge < -0.3 is 37.7 Å². The minimum absolute atomic E-state index is 0.0196. The molecule has 0 aliphatic carbocycles. The number of rotatable bonds is 13. The number of hydrogen-bond acceptors (Lipinski definition) is 11. The number of imidazole rings is 1. The lowest BCUT2D eigenvalue weighted by atomic mass is 10.1. The van der Waals surface area contributed by atoms with Gasteiger partial charge in [-0.2, -0.15) is 4.98 Å². The van der Waals surface area contributed by atoms with Crippen molar-refractivity contribution in [1.82, 2.24) is 19.5 Å². The molecule has 0 spiro atoms. The van der Waals surface area contributed by atoms with Crippen molar-refractivity contribution in [2.24, 2.45) is 0 Å². The van der Waals surface area contributed by atoms with Gasteiger partial charge in [0, 0.05) is 12.1 Å². The Bertz CT molecular complexity index is 1790. The third-order valence-corrected chi connectivity index (χ3v) is 7.08. The van der Waals surface area contributed by atoms with Crippen molar-refractivity contribution in [1.29, 1.82) is 0 Å². The Balaban J connectivity index is 1.26. The number of benzene rings is 2. The Hall–Kier alpha value is -4.43. The number of nitrogen functional groups attached to an aromatic ring is 1. The molecule has 13 nitrogen and oxygen atoms in total. The highest BCUT2D eigenvalue weighted by Crippen LogP contribution is 2.41. The first-order valence-corrected chi connectivity index (χ1v) is 13.7. The first-order chi connectivity index (χ1) is 20.3. The first-order valence-electron chi connectivity index (χ1n) is 12.3. The van der Waals surface area contributed by atoms with Crippen molar-refractivity contribution >= 4 is 25.5 Å². The zero-order valence-corrected chi connectivity index (χ0v) is 22.9. The van der Waals surface area contributed by atoms with Crippen molar-refractivity contribution in [2.75, 3.05) is 25.8 Å². The fourth-order valence-electron chi connectivity index (χ4n) is 3.85. The first kappa shape index (κ1) is 29.1. The summed E-state index contributed by atoms with van der Waals surface area (Å²) >= 11 is 0. The Morgan fingerprint density at radius 2 is 1.86 bits per heavy atom. The second kappa shape index (κ2) is 13.0. The van der Waals surface area contributed by atoms with Crippen molar-refractivity contribution < 1.29 is 36.1 Å². The van der Waals surface area contributed by atoms with Crippen molar-refractivity contribution in [3.05, 3.63) is 92.7 Å². The van der Waals surface area contributed by atoms with E-state index < -0.39 is 31.4 Å². The van der Waals surface area contributed by atoms with Gasteiger partial charge in [-0.1, -0.05) is 6.07 Å². The average Bonchev–Trinajstić information content (AvgIpc) is 3.55. The van der Waals surface area contributed by atoms with E-state index in [0.717, 1.165) is 0 Å². The van der Waals surface area contributed by atoms with Crippen LogP contribution in [0.25, 0.3) is 22.5 Å². The van der Waals surface area contributed by atoms with Crippen LogP contribution in [-0.4, -0.2) is 39.6 Å². The van der Waals surface area contributed by atoms with Crippen LogP contribution in [0.2, 0.25) is 0 Å². The van der Waals surface area contributed by atoms with E-state index in [1.54, 1.807) is 10.6 Å². The molecule has 0 aliphatic heterocycles. The standard InChI is InChI=1S/C26H24F2N5O8P/c1-36-19-7-2-15(10-18(19)28)11-38-42(14-37-9-8-33-13-30-21-23(33)31-25(29)32-24(21)34)39-12-20-22(41-26(35)40-20)16-3-5-17(27)6-4-16/h2-7,10,13H,8-9,11-12,14H2,1H3,(H3,29,31,32,34). The highest BCUT2D eigenvalue weighted by Gasteiger charge is 2.20. The van der Waals surface area contributed by atoms with Gasteiger partial charge in [0.15, 0.2) is 42.6 Å². The molecular weight excluding hydrogens is 579 g/mol. The third-order valence-electron chi connectivity index (χ3n) is 5.85. The summed E-state index contributed by atoms with van der Waals surface area (Å²) in [7, 11) is -0.411. The number of methoxy groups -OCH3 is 1. The van der Waals surface area contributed by atoms with Crippen LogP contribution in [0.1, 0.15) is 11.3 Å². The second-order valence-corrected chi connectivity index (χ2v) is 10.1. The van der Waals surface area contributed by atoms with Crippen molar-refractivity contribution in [3.63, 3.8) is 0 Å². The molecule has 1 atom stereocenters. The van der Waals surface area contributed by atoms with Crippen LogP contribution in [0.3, 0.4) is 0 Å². The summed E-state index contributed by atoms with van der Waals surface area (Å²) in [5.41, 5.74) is 6.56. The van der Waals surface area contributed by atoms with Crippen LogP contribution in [0, 0.1) is 11.6 Å². The number of hydrogen-bond donors (Lipinski definition) is 2. The van der Waals surface area contributed by atoms with Gasteiger partial charge in [0.1, 0.15) is 18.8 Å². The number of halogens is 2. The summed E-state index contributed by atoms with van der Waals surface area (Å²) in [5, 5.41) is 0. The Morgan fingerprint density at radius 1 is 1.07 bits per heavy atom. The summed E-state index contributed by atoms with van der Waals surface area (Å²) in [5.74, 6) is -1.76. The maximum Gasteiger partial charge on any atom is 0.519 e. The molecule has 3 heterocycles. The largest absolute Gasteiger partial charge is 0.519 e. The van der Waals surface area contributed by atoms with Gasteiger partial charge in [0.05, 0.1) is 26.7 Å². The van der Waals surface area contributed by atoms with E-state index in [2.05, 4.69) is 15.0 Å². The molecule has 0 aliphatic rings. The summed E-state index contributed by atoms with van der Waals surface area (Å²) < 4.78 is 62.0. The van der Waals surface area contributed by atoms with Gasteiger partial charge >= 0.3 is 5.82 Å². The maximum atomic E-state index is 14.2. The minimum atomic E-state index is -1.78. The van der Waals surface area contributed by atoms with E-state index in [-0.39, 0.29) is 61.4 Å². The lowest BCUT2D eigenvalue weighted by Crippen LogP contribution is -2.13. The van der Waals surface area contributed by atoms with Gasteiger partial charge in [-0.15, -0.1) is 0 Å². The molecule has 0 saturated heterocycles. The molecule has 3 N–H and O–H groups in total. The van der Waals surface area contributed by atoms with Gasteiger partial charge in [0.25, 0.3) is 5.56 Å². The molecule has 2 aromatic carbocycles. The fraction of sp³-hybridized carbons (Fsp3) is 0.231. The van der Waals surface area contributed by atoms with Gasteiger partial charge in [-0.3, -0.25) is 9.78 Å². The zero-order chi connectivity index (χ0) is 29.6. The minimum Gasteiger partial charge on any atom is -0.494 e. The number of aromatic nitrogens is 4. The highest BCUT2D eigenvalue weighted by atomic mass is 31.2. The normalized spacial score (nSPS) is 12.2. The lowest BCUT2D eigenvalue weighted by Gasteiger charge is -2.18. The van der Waals surface area contributed by atoms with E-state index in [4.69, 9.17) is 33.1 Å². The maximum absolute atomic E-state index is 14.2. The molecule has 0 fully saturated rings. The molecule has 0 saturated carbocycles. The number of nitrogens with one attached hydrogen (secondary N) is 1. The average molecular weight is 603 g/mol. The SMILES string of the molecule is COc1ccc(COP(COCCn2cnc3c(=O)[nH]c(N)nc32)OCc2oc(=O)oc2-c2ccc(F)cc2)cc1F. The number of aromatic amines is 1. The summed E-state index contributed by atoms with van der Waals surface area (Å²) in [6, 6.07) is 9.70. The molecular formula is C26H24F2N5O8P. The summed E-state index contributed by atoms with van der Waals surface area (Å²) in [6.45, 7) is 0.186. The molecule has 0 bridgehead atoms. The monoisotopic (exact) mass is 603 g/mol. The lowest BCUT2D eigenvalue weighted by molar-refractivity contribution is 0.136. The van der Waals surface area contributed by atoms with Crippen LogP contribution in [0.5, 0.6) is 5.75 Å². The Morgan fingerprint density at radius 3 is 2.62 bits per heavy atom. The van der Waals surface area contributed by atoms with E-state index >= 15 is 0 Å².